The molecule has 3 fully saturated rings. The van der Waals surface area contributed by atoms with Gasteiger partial charge in [0.2, 0.25) is 15.7 Å². The fourth-order valence-corrected chi connectivity index (χ4v) is 6.69. The average molecular weight is 631 g/mol. The van der Waals surface area contributed by atoms with E-state index >= 15 is 0 Å². The highest BCUT2D eigenvalue weighted by atomic mass is 32.2. The van der Waals surface area contributed by atoms with Gasteiger partial charge in [-0.1, -0.05) is 12.1 Å². The summed E-state index contributed by atoms with van der Waals surface area (Å²) in [6.45, 7) is -1.89. The molecule has 2 amide bonds. The number of anilines is 1. The molecule has 2 heterocycles. The van der Waals surface area contributed by atoms with Crippen molar-refractivity contribution in [3.63, 3.8) is 0 Å². The van der Waals surface area contributed by atoms with Gasteiger partial charge in [-0.3, -0.25) is 9.59 Å². The van der Waals surface area contributed by atoms with Crippen molar-refractivity contribution in [3.05, 3.63) is 71.5 Å². The molecule has 0 aliphatic heterocycles. The summed E-state index contributed by atoms with van der Waals surface area (Å²) in [7, 11) is -3.20. The van der Waals surface area contributed by atoms with Gasteiger partial charge in [0.25, 0.3) is 11.8 Å². The molecule has 9 nitrogen and oxygen atoms in total. The monoisotopic (exact) mass is 630 g/mol. The highest BCUT2D eigenvalue weighted by molar-refractivity contribution is 7.92. The highest BCUT2D eigenvalue weighted by Crippen LogP contribution is 2.57. The second-order valence-electron chi connectivity index (χ2n) is 11.3. The molecule has 230 valence electrons. The van der Waals surface area contributed by atoms with E-state index in [0.29, 0.717) is 12.2 Å². The lowest BCUT2D eigenvalue weighted by Gasteiger charge is -2.61. The Labute approximate surface area is 249 Å². The summed E-state index contributed by atoms with van der Waals surface area (Å²) in [6, 6.07) is 12.3. The molecule has 0 unspecified atom stereocenters. The van der Waals surface area contributed by atoms with Crippen LogP contribution in [0.1, 0.15) is 40.0 Å². The van der Waals surface area contributed by atoms with E-state index in [2.05, 4.69) is 15.6 Å². The zero-order valence-electron chi connectivity index (χ0n) is 23.5. The van der Waals surface area contributed by atoms with E-state index in [9.17, 15) is 35.6 Å². The molecule has 2 aromatic heterocycles. The maximum absolute atomic E-state index is 13.7. The Hall–Kier alpha value is -4.46. The van der Waals surface area contributed by atoms with Crippen molar-refractivity contribution in [1.29, 1.82) is 0 Å². The third kappa shape index (κ3) is 5.38. The molecule has 2 aromatic carbocycles. The number of halogens is 4. The molecule has 2 bridgehead atoms. The van der Waals surface area contributed by atoms with E-state index in [4.69, 9.17) is 4.42 Å². The van der Waals surface area contributed by atoms with Gasteiger partial charge < -0.3 is 15.1 Å². The number of hydrogen-bond donors (Lipinski definition) is 2. The second-order valence-corrected chi connectivity index (χ2v) is 13.2. The smallest absolute Gasteiger partial charge is 0.407 e. The minimum Gasteiger partial charge on any atom is -0.437 e. The van der Waals surface area contributed by atoms with Crippen LogP contribution in [-0.2, 0) is 10.0 Å². The Morgan fingerprint density at radius 1 is 1.05 bits per heavy atom. The number of rotatable bonds is 8. The molecule has 3 saturated carbocycles. The minimum absolute atomic E-state index is 0.0475. The number of alkyl halides is 3. The summed E-state index contributed by atoms with van der Waals surface area (Å²) < 4.78 is 86.3. The van der Waals surface area contributed by atoms with E-state index in [1.165, 1.54) is 43.4 Å². The van der Waals surface area contributed by atoms with Crippen LogP contribution in [0.4, 0.5) is 23.4 Å². The van der Waals surface area contributed by atoms with Crippen LogP contribution in [-0.4, -0.2) is 56.8 Å². The summed E-state index contributed by atoms with van der Waals surface area (Å²) in [5.41, 5.74) is -0.0334. The zero-order chi connectivity index (χ0) is 31.6. The lowest BCUT2D eigenvalue weighted by atomic mass is 9.50. The highest BCUT2D eigenvalue weighted by Gasteiger charge is 2.57. The second kappa shape index (κ2) is 10.3. The van der Waals surface area contributed by atoms with Gasteiger partial charge >= 0.3 is 6.18 Å². The average Bonchev–Trinajstić information content (AvgIpc) is 3.29. The Bertz CT molecular complexity index is 1910. The molecule has 3 aliphatic rings. The summed E-state index contributed by atoms with van der Waals surface area (Å²) >= 11 is 0. The van der Waals surface area contributed by atoms with Crippen LogP contribution < -0.4 is 14.9 Å². The number of benzene rings is 2. The first-order valence-corrected chi connectivity index (χ1v) is 15.4. The molecular weight excluding hydrogens is 604 g/mol. The van der Waals surface area contributed by atoms with Crippen LogP contribution >= 0.6 is 0 Å². The predicted molar refractivity (Wildman–Crippen MR) is 154 cm³/mol. The van der Waals surface area contributed by atoms with E-state index in [-0.39, 0.29) is 60.4 Å². The lowest BCUT2D eigenvalue weighted by Crippen LogP contribution is -2.68. The first-order chi connectivity index (χ1) is 20.7. The van der Waals surface area contributed by atoms with Crippen molar-refractivity contribution in [3.8, 4) is 22.5 Å². The molecule has 0 saturated heterocycles. The number of pyridine rings is 1. The number of amides is 2. The third-order valence-electron chi connectivity index (χ3n) is 8.04. The van der Waals surface area contributed by atoms with Gasteiger partial charge in [0.15, 0.2) is 5.82 Å². The van der Waals surface area contributed by atoms with E-state index in [1.54, 1.807) is 6.07 Å². The van der Waals surface area contributed by atoms with Crippen LogP contribution in [0.25, 0.3) is 33.6 Å². The lowest BCUT2D eigenvalue weighted by molar-refractivity contribution is -0.117. The van der Waals surface area contributed by atoms with Gasteiger partial charge in [0.05, 0.1) is 17.2 Å². The molecule has 2 N–H and O–H groups in total. The van der Waals surface area contributed by atoms with Gasteiger partial charge in [-0.2, -0.15) is 18.2 Å². The van der Waals surface area contributed by atoms with Crippen LogP contribution in [0.15, 0.2) is 59.0 Å². The topological polar surface area (TPSA) is 122 Å². The molecule has 3 aliphatic carbocycles. The summed E-state index contributed by atoms with van der Waals surface area (Å²) in [4.78, 5) is 30.5. The van der Waals surface area contributed by atoms with Crippen molar-refractivity contribution in [2.24, 2.45) is 5.92 Å². The summed E-state index contributed by atoms with van der Waals surface area (Å²) in [6.07, 6.45) is -1.66. The van der Waals surface area contributed by atoms with Gasteiger partial charge in [-0.25, -0.2) is 17.1 Å². The van der Waals surface area contributed by atoms with Crippen LogP contribution in [0.2, 0.25) is 0 Å². The van der Waals surface area contributed by atoms with Gasteiger partial charge in [-0.05, 0) is 73.2 Å². The fourth-order valence-electron chi connectivity index (χ4n) is 5.86. The fraction of sp³-hybridized carbons (Fsp3) is 0.300. The van der Waals surface area contributed by atoms with Crippen LogP contribution in [0.3, 0.4) is 0 Å². The van der Waals surface area contributed by atoms with E-state index < -0.39 is 40.3 Å². The molecule has 7 rings (SSSR count). The predicted octanol–water partition coefficient (Wildman–Crippen LogP) is 5.27. The first kappa shape index (κ1) is 29.6. The maximum Gasteiger partial charge on any atom is 0.407 e. The maximum atomic E-state index is 13.7. The normalized spacial score (nSPS) is 19.2. The van der Waals surface area contributed by atoms with Crippen LogP contribution in [0, 0.1) is 11.7 Å². The van der Waals surface area contributed by atoms with Crippen LogP contribution in [0.5, 0.6) is 0 Å². The molecule has 0 radical (unpaired) electrons. The SMILES string of the molecule is CNC(=O)c1c(-c2ccc(F)cc2)oc2nc(N(CC(F)(F)F)S(C)(=O)=O)c(-c3cccc(C(=O)NC45CC(C4)C5)c3)cc12. The first-order valence-electron chi connectivity index (χ1n) is 13.6. The number of furan rings is 1. The number of hydrogen-bond acceptors (Lipinski definition) is 6. The Kier molecular flexibility index (Phi) is 6.94. The number of carbonyl (C=O) groups is 2. The van der Waals surface area contributed by atoms with Crippen molar-refractivity contribution >= 4 is 38.8 Å². The zero-order valence-corrected chi connectivity index (χ0v) is 24.3. The van der Waals surface area contributed by atoms with Crippen molar-refractivity contribution in [2.75, 3.05) is 24.2 Å². The Morgan fingerprint density at radius 3 is 2.30 bits per heavy atom. The van der Waals surface area contributed by atoms with Crippen molar-refractivity contribution in [2.45, 2.75) is 31.0 Å². The van der Waals surface area contributed by atoms with Crippen molar-refractivity contribution < 1.29 is 40.0 Å². The number of fused-ring (bicyclic) bond motifs is 1. The summed E-state index contributed by atoms with van der Waals surface area (Å²) in [5.74, 6) is -1.61. The largest absolute Gasteiger partial charge is 0.437 e. The number of nitrogens with one attached hydrogen (secondary N) is 2. The molecule has 0 atom stereocenters. The molecule has 14 heteroatoms. The standard InChI is InChI=1S/C30H26F4N4O5S/c1-35-27(40)23-22-11-21(18-4-3-5-19(10-18)26(39)37-29-12-16(13-29)14-29)25(38(44(2,41)42)15-30(32,33)34)36-28(22)43-24(23)17-6-8-20(31)9-7-17/h3-11,16H,12-15H2,1-2H3,(H,35,40)(H,37,39). The minimum atomic E-state index is -4.95. The number of nitrogens with zero attached hydrogens (tertiary/aromatic N) is 2. The number of aromatic nitrogens is 1. The molecule has 0 spiro atoms. The molecular formula is C30H26F4N4O5S. The molecule has 44 heavy (non-hydrogen) atoms. The number of carbonyl (C=O) groups excluding carboxylic acids is 2. The van der Waals surface area contributed by atoms with Gasteiger partial charge in [0, 0.05) is 29.3 Å². The van der Waals surface area contributed by atoms with Gasteiger partial charge in [0.1, 0.15) is 18.1 Å². The Morgan fingerprint density at radius 2 is 1.73 bits per heavy atom. The number of sulfonamides is 1. The third-order valence-corrected chi connectivity index (χ3v) is 9.14. The summed E-state index contributed by atoms with van der Waals surface area (Å²) in [5, 5.41) is 5.58. The van der Waals surface area contributed by atoms with Gasteiger partial charge in [-0.15, -0.1) is 0 Å². The quantitative estimate of drug-likeness (QED) is 0.256. The molecule has 4 aromatic rings. The van der Waals surface area contributed by atoms with E-state index in [1.807, 2.05) is 0 Å². The van der Waals surface area contributed by atoms with E-state index in [0.717, 1.165) is 31.4 Å². The van der Waals surface area contributed by atoms with Crippen molar-refractivity contribution in [1.82, 2.24) is 15.6 Å². The Balaban J connectivity index is 1.57.